The lowest BCUT2D eigenvalue weighted by molar-refractivity contribution is -0.113. The van der Waals surface area contributed by atoms with Crippen LogP contribution in [0.15, 0.2) is 106 Å². The Morgan fingerprint density at radius 3 is 2.32 bits per heavy atom. The van der Waals surface area contributed by atoms with Gasteiger partial charge >= 0.3 is 0 Å². The lowest BCUT2D eigenvalue weighted by Crippen LogP contribution is -2.40. The van der Waals surface area contributed by atoms with Crippen LogP contribution in [0.2, 0.25) is 5.02 Å². The van der Waals surface area contributed by atoms with Crippen LogP contribution in [0.5, 0.6) is 0 Å². The summed E-state index contributed by atoms with van der Waals surface area (Å²) in [6.07, 6.45) is 1.85. The van der Waals surface area contributed by atoms with Gasteiger partial charge in [-0.25, -0.2) is 4.99 Å². The number of anilines is 1. The molecule has 1 atom stereocenters. The van der Waals surface area contributed by atoms with E-state index in [0.29, 0.717) is 31.3 Å². The van der Waals surface area contributed by atoms with Crippen LogP contribution in [0.25, 0.3) is 6.08 Å². The number of carbonyl (C=O) groups is 1. The SMILES string of the molecule is CC1=C(C(=O)Nc2ccccc2)C(c2ccc(Cl)cc2)n2c(s/c(=C/c3ccccc3)c2=O)=N1. The number of carbonyl (C=O) groups excluding carboxylic acids is 1. The van der Waals surface area contributed by atoms with Crippen LogP contribution in [-0.2, 0) is 4.79 Å². The average Bonchev–Trinajstić information content (AvgIpc) is 3.14. The highest BCUT2D eigenvalue weighted by atomic mass is 35.5. The number of fused-ring (bicyclic) bond motifs is 1. The topological polar surface area (TPSA) is 63.5 Å². The van der Waals surface area contributed by atoms with Crippen LogP contribution >= 0.6 is 22.9 Å². The highest BCUT2D eigenvalue weighted by Gasteiger charge is 2.32. The summed E-state index contributed by atoms with van der Waals surface area (Å²) in [5.41, 5.74) is 3.18. The van der Waals surface area contributed by atoms with Crippen molar-refractivity contribution in [2.24, 2.45) is 4.99 Å². The second-order valence-corrected chi connectivity index (χ2v) is 9.31. The average molecular weight is 486 g/mol. The summed E-state index contributed by atoms with van der Waals surface area (Å²) in [6.45, 7) is 1.80. The number of thiazole rings is 1. The molecule has 0 radical (unpaired) electrons. The number of benzene rings is 3. The van der Waals surface area contributed by atoms with E-state index in [0.717, 1.165) is 11.1 Å². The molecule has 3 aromatic carbocycles. The van der Waals surface area contributed by atoms with Crippen molar-refractivity contribution in [3.8, 4) is 0 Å². The molecular formula is C27H20ClN3O2S. The summed E-state index contributed by atoms with van der Waals surface area (Å²) in [5, 5.41) is 3.53. The van der Waals surface area contributed by atoms with E-state index in [1.165, 1.54) is 11.3 Å². The van der Waals surface area contributed by atoms with Crippen molar-refractivity contribution in [3.63, 3.8) is 0 Å². The van der Waals surface area contributed by atoms with Gasteiger partial charge in [-0.2, -0.15) is 0 Å². The number of halogens is 1. The fourth-order valence-corrected chi connectivity index (χ4v) is 5.17. The number of hydrogen-bond donors (Lipinski definition) is 1. The van der Waals surface area contributed by atoms with Gasteiger partial charge in [0.05, 0.1) is 21.8 Å². The Morgan fingerprint density at radius 1 is 1.00 bits per heavy atom. The van der Waals surface area contributed by atoms with E-state index in [1.807, 2.05) is 78.9 Å². The van der Waals surface area contributed by atoms with Gasteiger partial charge in [0, 0.05) is 10.7 Å². The van der Waals surface area contributed by atoms with Crippen molar-refractivity contribution in [2.45, 2.75) is 13.0 Å². The quantitative estimate of drug-likeness (QED) is 0.461. The maximum absolute atomic E-state index is 13.6. The van der Waals surface area contributed by atoms with Gasteiger partial charge in [-0.3, -0.25) is 14.2 Å². The molecule has 0 spiro atoms. The van der Waals surface area contributed by atoms with Gasteiger partial charge < -0.3 is 5.32 Å². The van der Waals surface area contributed by atoms with E-state index in [9.17, 15) is 9.59 Å². The van der Waals surface area contributed by atoms with Gasteiger partial charge in [-0.15, -0.1) is 0 Å². The molecule has 1 aromatic heterocycles. The second kappa shape index (κ2) is 9.25. The number of nitrogens with one attached hydrogen (secondary N) is 1. The summed E-state index contributed by atoms with van der Waals surface area (Å²) in [7, 11) is 0. The zero-order chi connectivity index (χ0) is 23.7. The molecule has 7 heteroatoms. The van der Waals surface area contributed by atoms with Crippen molar-refractivity contribution in [1.82, 2.24) is 4.57 Å². The Morgan fingerprint density at radius 2 is 1.65 bits per heavy atom. The summed E-state index contributed by atoms with van der Waals surface area (Å²) < 4.78 is 2.16. The fourth-order valence-electron chi connectivity index (χ4n) is 3.99. The normalized spacial score (nSPS) is 15.6. The minimum Gasteiger partial charge on any atom is -0.322 e. The molecule has 0 saturated heterocycles. The molecule has 168 valence electrons. The van der Waals surface area contributed by atoms with Crippen LogP contribution in [0, 0.1) is 0 Å². The lowest BCUT2D eigenvalue weighted by atomic mass is 9.95. The predicted molar refractivity (Wildman–Crippen MR) is 137 cm³/mol. The Kier molecular flexibility index (Phi) is 6.01. The molecule has 0 fully saturated rings. The van der Waals surface area contributed by atoms with E-state index >= 15 is 0 Å². The van der Waals surface area contributed by atoms with Crippen molar-refractivity contribution in [2.75, 3.05) is 5.32 Å². The number of nitrogens with zero attached hydrogens (tertiary/aromatic N) is 2. The van der Waals surface area contributed by atoms with Crippen molar-refractivity contribution in [3.05, 3.63) is 132 Å². The molecule has 4 aromatic rings. The van der Waals surface area contributed by atoms with Crippen molar-refractivity contribution in [1.29, 1.82) is 0 Å². The second-order valence-electron chi connectivity index (χ2n) is 7.86. The van der Waals surface area contributed by atoms with Crippen LogP contribution in [0.4, 0.5) is 5.69 Å². The molecule has 1 amide bonds. The smallest absolute Gasteiger partial charge is 0.271 e. The van der Waals surface area contributed by atoms with E-state index in [4.69, 9.17) is 11.6 Å². The third-order valence-electron chi connectivity index (χ3n) is 5.58. The number of amides is 1. The largest absolute Gasteiger partial charge is 0.322 e. The Labute approximate surface area is 205 Å². The number of hydrogen-bond acceptors (Lipinski definition) is 4. The maximum atomic E-state index is 13.6. The van der Waals surface area contributed by atoms with E-state index in [1.54, 1.807) is 23.6 Å². The molecule has 1 aliphatic rings. The molecule has 0 saturated carbocycles. The molecule has 5 rings (SSSR count). The zero-order valence-corrected chi connectivity index (χ0v) is 19.8. The molecule has 0 bridgehead atoms. The summed E-state index contributed by atoms with van der Waals surface area (Å²) in [6, 6.07) is 25.5. The van der Waals surface area contributed by atoms with Gasteiger partial charge in [0.25, 0.3) is 11.5 Å². The van der Waals surface area contributed by atoms with Gasteiger partial charge in [-0.05, 0) is 48.4 Å². The molecule has 2 heterocycles. The van der Waals surface area contributed by atoms with Crippen molar-refractivity contribution < 1.29 is 4.79 Å². The number of para-hydroxylation sites is 1. The third-order valence-corrected chi connectivity index (χ3v) is 6.82. The van der Waals surface area contributed by atoms with Gasteiger partial charge in [0.2, 0.25) is 0 Å². The van der Waals surface area contributed by atoms with E-state index < -0.39 is 6.04 Å². The Balaban J connectivity index is 1.68. The molecular weight excluding hydrogens is 466 g/mol. The first-order valence-electron chi connectivity index (χ1n) is 10.7. The van der Waals surface area contributed by atoms with Crippen molar-refractivity contribution >= 4 is 40.6 Å². The molecule has 1 aliphatic heterocycles. The van der Waals surface area contributed by atoms with Gasteiger partial charge in [0.1, 0.15) is 0 Å². The van der Waals surface area contributed by atoms with Crippen LogP contribution < -0.4 is 20.2 Å². The molecule has 0 aliphatic carbocycles. The number of allylic oxidation sites excluding steroid dienone is 1. The predicted octanol–water partition coefficient (Wildman–Crippen LogP) is 4.53. The first-order valence-corrected chi connectivity index (χ1v) is 11.9. The van der Waals surface area contributed by atoms with Crippen LogP contribution in [0.3, 0.4) is 0 Å². The number of rotatable bonds is 4. The lowest BCUT2D eigenvalue weighted by Gasteiger charge is -2.25. The highest BCUT2D eigenvalue weighted by molar-refractivity contribution is 7.07. The standard InChI is InChI=1S/C27H20ClN3O2S/c1-17-23(25(32)30-21-10-6-3-7-11-21)24(19-12-14-20(28)15-13-19)31-26(33)22(34-27(31)29-17)16-18-8-4-2-5-9-18/h2-16,24H,1H3,(H,30,32)/b22-16+. The minimum atomic E-state index is -0.629. The molecule has 1 N–H and O–H groups in total. The Bertz CT molecular complexity index is 1570. The van der Waals surface area contributed by atoms with Gasteiger partial charge in [-0.1, -0.05) is 83.6 Å². The summed E-state index contributed by atoms with van der Waals surface area (Å²) in [4.78, 5) is 32.3. The van der Waals surface area contributed by atoms with Crippen LogP contribution in [0.1, 0.15) is 24.1 Å². The Hall–Kier alpha value is -3.74. The monoisotopic (exact) mass is 485 g/mol. The molecule has 5 nitrogen and oxygen atoms in total. The van der Waals surface area contributed by atoms with E-state index in [-0.39, 0.29) is 11.5 Å². The minimum absolute atomic E-state index is 0.190. The zero-order valence-electron chi connectivity index (χ0n) is 18.2. The van der Waals surface area contributed by atoms with Crippen LogP contribution in [-0.4, -0.2) is 10.5 Å². The summed E-state index contributed by atoms with van der Waals surface area (Å²) in [5.74, 6) is -0.301. The highest BCUT2D eigenvalue weighted by Crippen LogP contribution is 2.31. The third kappa shape index (κ3) is 4.25. The van der Waals surface area contributed by atoms with Gasteiger partial charge in [0.15, 0.2) is 4.80 Å². The maximum Gasteiger partial charge on any atom is 0.271 e. The fraction of sp³-hybridized carbons (Fsp3) is 0.0741. The number of aromatic nitrogens is 1. The first kappa shape index (κ1) is 22.1. The molecule has 1 unspecified atom stereocenters. The summed E-state index contributed by atoms with van der Waals surface area (Å²) >= 11 is 7.45. The first-order chi connectivity index (χ1) is 16.5. The van der Waals surface area contributed by atoms with E-state index in [2.05, 4.69) is 10.3 Å². The molecule has 34 heavy (non-hydrogen) atoms.